The second kappa shape index (κ2) is 4.87. The smallest absolute Gasteiger partial charge is 0.0810 e. The van der Waals surface area contributed by atoms with Crippen molar-refractivity contribution in [1.29, 1.82) is 0 Å². The lowest BCUT2D eigenvalue weighted by Crippen LogP contribution is -2.02. The Hall–Kier alpha value is -0.440. The van der Waals surface area contributed by atoms with Gasteiger partial charge in [-0.15, -0.1) is 0 Å². The zero-order valence-corrected chi connectivity index (χ0v) is 9.44. The summed E-state index contributed by atoms with van der Waals surface area (Å²) in [5.41, 5.74) is 6.86. The van der Waals surface area contributed by atoms with E-state index < -0.39 is 6.10 Å². The summed E-state index contributed by atoms with van der Waals surface area (Å²) >= 11 is 11.6. The van der Waals surface area contributed by atoms with Gasteiger partial charge in [0.2, 0.25) is 0 Å². The fraction of sp³-hybridized carbons (Fsp3) is 0.400. The lowest BCUT2D eigenvalue weighted by molar-refractivity contribution is 0.167. The van der Waals surface area contributed by atoms with Crippen molar-refractivity contribution in [3.8, 4) is 0 Å². The zero-order valence-electron chi connectivity index (χ0n) is 7.93. The van der Waals surface area contributed by atoms with Gasteiger partial charge in [-0.2, -0.15) is 0 Å². The summed E-state index contributed by atoms with van der Waals surface area (Å²) in [5.74, 6) is 0. The number of rotatable bonds is 3. The van der Waals surface area contributed by atoms with Crippen LogP contribution >= 0.6 is 23.2 Å². The number of aliphatic hydroxyl groups excluding tert-OH is 1. The van der Waals surface area contributed by atoms with Gasteiger partial charge < -0.3 is 10.8 Å². The highest BCUT2D eigenvalue weighted by molar-refractivity contribution is 6.42. The standard InChI is InChI=1S/C10H13Cl2NO/c1-2-3-10(14)6-4-7(11)8(12)5-9(6)13/h4-5,10,14H,2-3,13H2,1H3. The fourth-order valence-corrected chi connectivity index (χ4v) is 1.64. The molecule has 0 aliphatic heterocycles. The average Bonchev–Trinajstić information content (AvgIpc) is 2.11. The van der Waals surface area contributed by atoms with Gasteiger partial charge in [-0.25, -0.2) is 0 Å². The van der Waals surface area contributed by atoms with Crippen molar-refractivity contribution in [2.75, 3.05) is 5.73 Å². The maximum Gasteiger partial charge on any atom is 0.0810 e. The molecule has 0 bridgehead atoms. The molecule has 0 aliphatic rings. The molecule has 0 aromatic heterocycles. The second-order valence-corrected chi connectivity index (χ2v) is 4.01. The predicted molar refractivity (Wildman–Crippen MR) is 60.7 cm³/mol. The first kappa shape index (κ1) is 11.6. The Labute approximate surface area is 93.6 Å². The van der Waals surface area contributed by atoms with Crippen LogP contribution in [-0.4, -0.2) is 5.11 Å². The summed E-state index contributed by atoms with van der Waals surface area (Å²) in [5, 5.41) is 10.6. The van der Waals surface area contributed by atoms with Crippen LogP contribution in [0.5, 0.6) is 0 Å². The molecule has 0 saturated heterocycles. The van der Waals surface area contributed by atoms with Crippen LogP contribution in [0, 0.1) is 0 Å². The molecule has 0 amide bonds. The van der Waals surface area contributed by atoms with Crippen molar-refractivity contribution in [1.82, 2.24) is 0 Å². The molecule has 0 saturated carbocycles. The Morgan fingerprint density at radius 1 is 1.36 bits per heavy atom. The van der Waals surface area contributed by atoms with E-state index in [0.29, 0.717) is 27.7 Å². The molecule has 1 aromatic carbocycles. The molecule has 1 atom stereocenters. The SMILES string of the molecule is CCCC(O)c1cc(Cl)c(Cl)cc1N. The molecule has 0 heterocycles. The Kier molecular flexibility index (Phi) is 4.05. The molecular weight excluding hydrogens is 221 g/mol. The number of anilines is 1. The largest absolute Gasteiger partial charge is 0.398 e. The molecule has 0 fully saturated rings. The highest BCUT2D eigenvalue weighted by Gasteiger charge is 2.12. The number of hydrogen-bond donors (Lipinski definition) is 2. The van der Waals surface area contributed by atoms with Gasteiger partial charge in [-0.1, -0.05) is 36.5 Å². The Morgan fingerprint density at radius 3 is 2.50 bits per heavy atom. The van der Waals surface area contributed by atoms with Gasteiger partial charge in [0.15, 0.2) is 0 Å². The van der Waals surface area contributed by atoms with Crippen LogP contribution in [0.2, 0.25) is 10.0 Å². The van der Waals surface area contributed by atoms with E-state index in [9.17, 15) is 5.11 Å². The van der Waals surface area contributed by atoms with Gasteiger partial charge in [0.05, 0.1) is 16.1 Å². The third-order valence-corrected chi connectivity index (χ3v) is 2.77. The van der Waals surface area contributed by atoms with Crippen LogP contribution in [-0.2, 0) is 0 Å². The molecule has 2 nitrogen and oxygen atoms in total. The molecule has 3 N–H and O–H groups in total. The van der Waals surface area contributed by atoms with Gasteiger partial charge >= 0.3 is 0 Å². The first-order valence-corrected chi connectivity index (χ1v) is 5.24. The van der Waals surface area contributed by atoms with E-state index in [4.69, 9.17) is 28.9 Å². The van der Waals surface area contributed by atoms with E-state index in [0.717, 1.165) is 6.42 Å². The van der Waals surface area contributed by atoms with Crippen molar-refractivity contribution < 1.29 is 5.11 Å². The first-order valence-electron chi connectivity index (χ1n) is 4.48. The van der Waals surface area contributed by atoms with Gasteiger partial charge in [0.1, 0.15) is 0 Å². The molecule has 1 unspecified atom stereocenters. The molecule has 78 valence electrons. The van der Waals surface area contributed by atoms with E-state index in [-0.39, 0.29) is 0 Å². The maximum absolute atomic E-state index is 9.73. The molecule has 0 radical (unpaired) electrons. The van der Waals surface area contributed by atoms with E-state index in [1.165, 1.54) is 0 Å². The minimum atomic E-state index is -0.560. The number of benzene rings is 1. The topological polar surface area (TPSA) is 46.2 Å². The zero-order chi connectivity index (χ0) is 10.7. The van der Waals surface area contributed by atoms with E-state index in [2.05, 4.69) is 0 Å². The highest BCUT2D eigenvalue weighted by atomic mass is 35.5. The Bertz CT molecular complexity index is 328. The number of aliphatic hydroxyl groups is 1. The van der Waals surface area contributed by atoms with Crippen molar-refractivity contribution in [3.05, 3.63) is 27.7 Å². The summed E-state index contributed by atoms with van der Waals surface area (Å²) in [6.45, 7) is 2.00. The maximum atomic E-state index is 9.73. The molecule has 14 heavy (non-hydrogen) atoms. The monoisotopic (exact) mass is 233 g/mol. The summed E-state index contributed by atoms with van der Waals surface area (Å²) < 4.78 is 0. The molecule has 4 heteroatoms. The average molecular weight is 234 g/mol. The lowest BCUT2D eigenvalue weighted by Gasteiger charge is -2.13. The van der Waals surface area contributed by atoms with Gasteiger partial charge in [0.25, 0.3) is 0 Å². The van der Waals surface area contributed by atoms with E-state index in [1.807, 2.05) is 6.92 Å². The fourth-order valence-electron chi connectivity index (χ4n) is 1.30. The first-order chi connectivity index (χ1) is 6.56. The van der Waals surface area contributed by atoms with Crippen LogP contribution in [0.1, 0.15) is 31.4 Å². The number of nitrogens with two attached hydrogens (primary N) is 1. The minimum Gasteiger partial charge on any atom is -0.398 e. The van der Waals surface area contributed by atoms with Crippen LogP contribution in [0.4, 0.5) is 5.69 Å². The third kappa shape index (κ3) is 2.53. The van der Waals surface area contributed by atoms with Crippen LogP contribution in [0.25, 0.3) is 0 Å². The Morgan fingerprint density at radius 2 is 1.93 bits per heavy atom. The van der Waals surface area contributed by atoms with Gasteiger partial charge in [-0.05, 0) is 18.6 Å². The summed E-state index contributed by atoms with van der Waals surface area (Å²) in [4.78, 5) is 0. The molecule has 0 spiro atoms. The molecular formula is C10H13Cl2NO. The van der Waals surface area contributed by atoms with Gasteiger partial charge in [-0.3, -0.25) is 0 Å². The van der Waals surface area contributed by atoms with Crippen LogP contribution < -0.4 is 5.73 Å². The quantitative estimate of drug-likeness (QED) is 0.787. The molecule has 1 rings (SSSR count). The number of nitrogen functional groups attached to an aromatic ring is 1. The van der Waals surface area contributed by atoms with Crippen molar-refractivity contribution >= 4 is 28.9 Å². The summed E-state index contributed by atoms with van der Waals surface area (Å²) in [7, 11) is 0. The number of hydrogen-bond acceptors (Lipinski definition) is 2. The predicted octanol–water partition coefficient (Wildman–Crippen LogP) is 3.41. The summed E-state index contributed by atoms with van der Waals surface area (Å²) in [6, 6.07) is 3.19. The second-order valence-electron chi connectivity index (χ2n) is 3.20. The van der Waals surface area contributed by atoms with Crippen molar-refractivity contribution in [2.45, 2.75) is 25.9 Å². The molecule has 0 aliphatic carbocycles. The number of halogens is 2. The normalized spacial score (nSPS) is 12.9. The molecule has 1 aromatic rings. The highest BCUT2D eigenvalue weighted by Crippen LogP contribution is 2.32. The van der Waals surface area contributed by atoms with E-state index >= 15 is 0 Å². The van der Waals surface area contributed by atoms with Crippen LogP contribution in [0.3, 0.4) is 0 Å². The van der Waals surface area contributed by atoms with Crippen LogP contribution in [0.15, 0.2) is 12.1 Å². The third-order valence-electron chi connectivity index (χ3n) is 2.05. The van der Waals surface area contributed by atoms with Gasteiger partial charge in [0, 0.05) is 11.3 Å². The minimum absolute atomic E-state index is 0.414. The van der Waals surface area contributed by atoms with E-state index in [1.54, 1.807) is 12.1 Å². The Balaban J connectivity index is 3.02. The summed E-state index contributed by atoms with van der Waals surface area (Å²) in [6.07, 6.45) is 0.998. The van der Waals surface area contributed by atoms with Crippen molar-refractivity contribution in [3.63, 3.8) is 0 Å². The lowest BCUT2D eigenvalue weighted by atomic mass is 10.0. The van der Waals surface area contributed by atoms with Crippen molar-refractivity contribution in [2.24, 2.45) is 0 Å².